The normalized spacial score (nSPS) is 25.1. The van der Waals surface area contributed by atoms with Crippen LogP contribution >= 0.6 is 0 Å². The monoisotopic (exact) mass is 585 g/mol. The van der Waals surface area contributed by atoms with Crippen LogP contribution in [0.1, 0.15) is 43.2 Å². The molecule has 2 fully saturated rings. The highest BCUT2D eigenvalue weighted by atomic mass is 19.4. The lowest BCUT2D eigenvalue weighted by atomic mass is 9.52. The van der Waals surface area contributed by atoms with Gasteiger partial charge >= 0.3 is 36.1 Å². The highest BCUT2D eigenvalue weighted by molar-refractivity contribution is 5.76. The number of rotatable bonds is 2. The van der Waals surface area contributed by atoms with Gasteiger partial charge in [0.2, 0.25) is 0 Å². The van der Waals surface area contributed by atoms with Crippen LogP contribution in [0.2, 0.25) is 0 Å². The number of carbonyl (C=O) groups is 2. The second-order valence-corrected chi connectivity index (χ2v) is 9.61. The Kier molecular flexibility index (Phi) is 9.15. The number of aliphatic carboxylic acids is 2. The van der Waals surface area contributed by atoms with Crippen LogP contribution in [0.25, 0.3) is 0 Å². The minimum absolute atomic E-state index is 0.377. The SMILES string of the molecule is CN1CC[C@]23CCCC[C@H]2[C@H]1Cc1ccc(O)cc13.O=C(O)C(F)(F)C(F)(F)F.O=C(O)C(F)(F)C(F)(F)F. The van der Waals surface area contributed by atoms with Crippen LogP contribution in [0.3, 0.4) is 0 Å². The number of fused-ring (bicyclic) bond motifs is 1. The molecule has 0 unspecified atom stereocenters. The van der Waals surface area contributed by atoms with Gasteiger partial charge in [0.05, 0.1) is 0 Å². The van der Waals surface area contributed by atoms with Gasteiger partial charge in [-0.1, -0.05) is 18.9 Å². The zero-order valence-electron chi connectivity index (χ0n) is 20.2. The maximum Gasteiger partial charge on any atom is 0.465 e. The Morgan fingerprint density at radius 2 is 1.38 bits per heavy atom. The lowest BCUT2D eigenvalue weighted by Crippen LogP contribution is -2.59. The third-order valence-corrected chi connectivity index (χ3v) is 7.35. The van der Waals surface area contributed by atoms with Crippen molar-refractivity contribution in [3.05, 3.63) is 29.3 Å². The van der Waals surface area contributed by atoms with Crippen molar-refractivity contribution >= 4 is 11.9 Å². The minimum Gasteiger partial charge on any atom is -0.508 e. The number of likely N-dealkylation sites (tertiary alicyclic amines) is 1. The van der Waals surface area contributed by atoms with E-state index in [-0.39, 0.29) is 0 Å². The number of likely N-dealkylation sites (N-methyl/N-ethyl adjacent to an activating group) is 1. The van der Waals surface area contributed by atoms with Gasteiger partial charge in [-0.25, -0.2) is 9.59 Å². The standard InChI is InChI=1S/C17H23NO.2C3HF5O2/c1-18-9-8-17-7-3-2-4-14(17)16(18)10-12-5-6-13(19)11-15(12)17;2*4-2(5,1(9)10)3(6,7)8/h5-6,11,14,16,19H,2-4,7-10H2,1H3;2*(H,9,10)/t14-,16+,17+;;/m0../s1. The average Bonchev–Trinajstić information content (AvgIpc) is 2.81. The molecule has 0 radical (unpaired) electrons. The smallest absolute Gasteiger partial charge is 0.465 e. The van der Waals surface area contributed by atoms with Crippen LogP contribution in [-0.2, 0) is 21.4 Å². The van der Waals surface area contributed by atoms with Gasteiger partial charge in [-0.3, -0.25) is 0 Å². The highest BCUT2D eigenvalue weighted by Gasteiger charge is 2.64. The molecule has 3 N–H and O–H groups in total. The van der Waals surface area contributed by atoms with E-state index in [1.807, 2.05) is 6.07 Å². The summed E-state index contributed by atoms with van der Waals surface area (Å²) in [5.74, 6) is -16.4. The summed E-state index contributed by atoms with van der Waals surface area (Å²) in [6, 6.07) is 6.85. The van der Waals surface area contributed by atoms with E-state index in [2.05, 4.69) is 24.1 Å². The number of phenols is 1. The molecule has 16 heteroatoms. The van der Waals surface area contributed by atoms with Crippen molar-refractivity contribution in [2.45, 2.75) is 74.2 Å². The lowest BCUT2D eigenvalue weighted by Gasteiger charge is -2.58. The first-order chi connectivity index (χ1) is 17.6. The predicted molar refractivity (Wildman–Crippen MR) is 114 cm³/mol. The van der Waals surface area contributed by atoms with E-state index in [9.17, 15) is 58.6 Å². The molecule has 0 amide bonds. The molecule has 4 rings (SSSR count). The Bertz CT molecular complexity index is 1020. The molecule has 1 saturated heterocycles. The molecule has 222 valence electrons. The molecule has 1 saturated carbocycles. The van der Waals surface area contributed by atoms with Gasteiger partial charge in [0, 0.05) is 11.5 Å². The van der Waals surface area contributed by atoms with Crippen LogP contribution in [0.15, 0.2) is 18.2 Å². The van der Waals surface area contributed by atoms with E-state index >= 15 is 0 Å². The molecule has 2 bridgehead atoms. The summed E-state index contributed by atoms with van der Waals surface area (Å²) >= 11 is 0. The highest BCUT2D eigenvalue weighted by Crippen LogP contribution is 2.55. The number of carboxylic acid groups (broad SMARTS) is 2. The van der Waals surface area contributed by atoms with Crippen LogP contribution in [0, 0.1) is 5.92 Å². The van der Waals surface area contributed by atoms with Crippen molar-refractivity contribution in [2.75, 3.05) is 13.6 Å². The second kappa shape index (κ2) is 11.0. The molecular formula is C23H25F10NO5. The van der Waals surface area contributed by atoms with E-state index in [0.29, 0.717) is 11.2 Å². The Morgan fingerprint density at radius 3 is 1.82 bits per heavy atom. The number of halogens is 10. The second-order valence-electron chi connectivity index (χ2n) is 9.61. The van der Waals surface area contributed by atoms with Crippen LogP contribution in [0.4, 0.5) is 43.9 Å². The molecule has 6 nitrogen and oxygen atoms in total. The summed E-state index contributed by atoms with van der Waals surface area (Å²) in [7, 11) is 2.30. The molecule has 3 aliphatic rings. The number of aromatic hydroxyl groups is 1. The number of carboxylic acids is 2. The van der Waals surface area contributed by atoms with E-state index in [1.54, 1.807) is 0 Å². The molecule has 0 aromatic heterocycles. The Morgan fingerprint density at radius 1 is 0.872 bits per heavy atom. The Balaban J connectivity index is 0.000000229. The average molecular weight is 585 g/mol. The van der Waals surface area contributed by atoms with Crippen LogP contribution < -0.4 is 0 Å². The Hall–Kier alpha value is -2.78. The summed E-state index contributed by atoms with van der Waals surface area (Å²) in [4.78, 5) is 21.0. The van der Waals surface area contributed by atoms with Crippen molar-refractivity contribution in [2.24, 2.45) is 5.92 Å². The van der Waals surface area contributed by atoms with E-state index in [1.165, 1.54) is 56.2 Å². The van der Waals surface area contributed by atoms with Crippen molar-refractivity contribution < 1.29 is 68.8 Å². The van der Waals surface area contributed by atoms with E-state index in [4.69, 9.17) is 10.2 Å². The van der Waals surface area contributed by atoms with Gasteiger partial charge in [-0.15, -0.1) is 0 Å². The lowest BCUT2D eigenvalue weighted by molar-refractivity contribution is -0.278. The molecule has 0 spiro atoms. The van der Waals surface area contributed by atoms with E-state index in [0.717, 1.165) is 12.0 Å². The zero-order valence-corrected chi connectivity index (χ0v) is 20.2. The first-order valence-corrected chi connectivity index (χ1v) is 11.5. The molecule has 1 aromatic rings. The number of nitrogens with zero attached hydrogens (tertiary/aromatic N) is 1. The molecule has 2 aliphatic carbocycles. The summed E-state index contributed by atoms with van der Waals surface area (Å²) in [6.45, 7) is 1.22. The predicted octanol–water partition coefficient (Wildman–Crippen LogP) is 5.62. The molecule has 3 atom stereocenters. The van der Waals surface area contributed by atoms with Gasteiger partial charge in [0.15, 0.2) is 0 Å². The summed E-state index contributed by atoms with van der Waals surface area (Å²) < 4.78 is 111. The largest absolute Gasteiger partial charge is 0.508 e. The fraction of sp³-hybridized carbons (Fsp3) is 0.652. The van der Waals surface area contributed by atoms with Gasteiger partial charge < -0.3 is 20.2 Å². The Labute approximate surface area is 215 Å². The van der Waals surface area contributed by atoms with Crippen molar-refractivity contribution in [3.63, 3.8) is 0 Å². The molecule has 1 aliphatic heterocycles. The van der Waals surface area contributed by atoms with Crippen molar-refractivity contribution in [1.82, 2.24) is 4.90 Å². The fourth-order valence-corrected chi connectivity index (χ4v) is 5.43. The number of benzene rings is 1. The van der Waals surface area contributed by atoms with Crippen molar-refractivity contribution in [1.29, 1.82) is 0 Å². The summed E-state index contributed by atoms with van der Waals surface area (Å²) in [6.07, 6.45) is -4.10. The number of hydrogen-bond acceptors (Lipinski definition) is 4. The quantitative estimate of drug-likeness (QED) is 0.390. The fourth-order valence-electron chi connectivity index (χ4n) is 5.43. The zero-order chi connectivity index (χ0) is 30.2. The molecule has 1 heterocycles. The number of alkyl halides is 10. The first-order valence-electron chi connectivity index (χ1n) is 11.5. The third-order valence-electron chi connectivity index (χ3n) is 7.35. The van der Waals surface area contributed by atoms with Crippen LogP contribution in [0.5, 0.6) is 5.75 Å². The molecule has 39 heavy (non-hydrogen) atoms. The number of phenolic OH excluding ortho intramolecular Hbond substituents is 1. The van der Waals surface area contributed by atoms with Gasteiger partial charge in [-0.05, 0) is 68.5 Å². The van der Waals surface area contributed by atoms with Crippen molar-refractivity contribution in [3.8, 4) is 5.75 Å². The van der Waals surface area contributed by atoms with Gasteiger partial charge in [0.1, 0.15) is 5.75 Å². The minimum atomic E-state index is -6.02. The first kappa shape index (κ1) is 32.4. The summed E-state index contributed by atoms with van der Waals surface area (Å²) in [5, 5.41) is 24.5. The third kappa shape index (κ3) is 6.35. The van der Waals surface area contributed by atoms with E-state index < -0.39 is 36.1 Å². The maximum absolute atomic E-state index is 11.3. The number of hydrogen-bond donors (Lipinski definition) is 3. The van der Waals surface area contributed by atoms with Crippen LogP contribution in [-0.4, -0.2) is 76.0 Å². The molecular weight excluding hydrogens is 560 g/mol. The molecule has 1 aromatic carbocycles. The maximum atomic E-state index is 11.3. The number of piperidine rings is 1. The van der Waals surface area contributed by atoms with Gasteiger partial charge in [-0.2, -0.15) is 43.9 Å². The topological polar surface area (TPSA) is 98.1 Å². The summed E-state index contributed by atoms with van der Waals surface area (Å²) in [5.41, 5.74) is 3.36. The van der Waals surface area contributed by atoms with Gasteiger partial charge in [0.25, 0.3) is 0 Å².